The molecule has 1 aliphatic heterocycles. The Morgan fingerprint density at radius 1 is 1.18 bits per heavy atom. The summed E-state index contributed by atoms with van der Waals surface area (Å²) in [7, 11) is 0. The highest BCUT2D eigenvalue weighted by Gasteiger charge is 2.44. The minimum absolute atomic E-state index is 0.0275. The molecule has 1 saturated heterocycles. The third kappa shape index (κ3) is 6.08. The van der Waals surface area contributed by atoms with Crippen LogP contribution in [-0.4, -0.2) is 58.7 Å². The number of carbonyl (C=O) groups excluding carboxylic acids is 2. The van der Waals surface area contributed by atoms with Gasteiger partial charge in [0.05, 0.1) is 11.7 Å². The molecule has 0 aromatic heterocycles. The van der Waals surface area contributed by atoms with Gasteiger partial charge in [0.1, 0.15) is 5.82 Å². The van der Waals surface area contributed by atoms with Crippen LogP contribution in [0.1, 0.15) is 56.6 Å². The smallest absolute Gasteiger partial charge is 0.225 e. The third-order valence-electron chi connectivity index (χ3n) is 8.25. The fourth-order valence-electron chi connectivity index (χ4n) is 6.20. The van der Waals surface area contributed by atoms with E-state index in [1.165, 1.54) is 13.0 Å². The molecule has 0 unspecified atom stereocenters. The van der Waals surface area contributed by atoms with Crippen LogP contribution in [-0.2, 0) is 15.2 Å². The Bertz CT molecular complexity index is 1150. The van der Waals surface area contributed by atoms with Crippen molar-refractivity contribution in [3.8, 4) is 11.1 Å². The number of aliphatic hydroxyl groups is 2. The first-order valence-electron chi connectivity index (χ1n) is 13.7. The van der Waals surface area contributed by atoms with Crippen molar-refractivity contribution in [1.29, 1.82) is 0 Å². The maximum absolute atomic E-state index is 15.1. The molecule has 1 saturated carbocycles. The Labute approximate surface area is 224 Å². The van der Waals surface area contributed by atoms with E-state index >= 15 is 4.39 Å². The molecule has 0 bridgehead atoms. The Balaban J connectivity index is 1.67. The van der Waals surface area contributed by atoms with Gasteiger partial charge in [0.25, 0.3) is 0 Å². The summed E-state index contributed by atoms with van der Waals surface area (Å²) < 4.78 is 15.1. The molecule has 0 spiro atoms. The number of carbonyl (C=O) groups is 2. The zero-order valence-corrected chi connectivity index (χ0v) is 22.3. The summed E-state index contributed by atoms with van der Waals surface area (Å²) in [6.07, 6.45) is 2.44. The molecule has 38 heavy (non-hydrogen) atoms. The molecule has 4 rings (SSSR count). The van der Waals surface area contributed by atoms with E-state index in [2.05, 4.69) is 5.32 Å². The molecule has 1 heterocycles. The Morgan fingerprint density at radius 3 is 2.66 bits per heavy atom. The number of aliphatic hydroxyl groups excluding tert-OH is 1. The van der Waals surface area contributed by atoms with E-state index in [-0.39, 0.29) is 29.5 Å². The lowest BCUT2D eigenvalue weighted by Gasteiger charge is -2.44. The molecule has 2 aromatic carbocycles. The standard InChI is InChI=1S/C30H40FN3O4/c1-19-10-11-26(31)24(15-19)23-8-3-4-9-25(23)30(38,12-6-13-33-20(2)35)22-7-5-14-34(18-22)29(37)21-16-27(32)28(36)17-21/h3-4,8-11,15,21-22,27-28,36,38H,5-7,12-14,16-18,32H2,1-2H3,(H,33,35)/t21-,22+,27+,28-,30-/m0/s1. The summed E-state index contributed by atoms with van der Waals surface area (Å²) >= 11 is 0. The first-order chi connectivity index (χ1) is 18.1. The largest absolute Gasteiger partial charge is 0.391 e. The molecular formula is C30H40FN3O4. The van der Waals surface area contributed by atoms with Crippen molar-refractivity contribution in [1.82, 2.24) is 10.2 Å². The summed E-state index contributed by atoms with van der Waals surface area (Å²) in [5.74, 6) is -1.13. The molecule has 1 aliphatic carbocycles. The SMILES string of the molecule is CC(=O)NCCC[C@@](O)(c1ccccc1-c1cc(C)ccc1F)[C@@H]1CCCN(C(=O)[C@H]2C[C@@H](N)[C@@H](O)C2)C1. The summed E-state index contributed by atoms with van der Waals surface area (Å²) in [5.41, 5.74) is 7.22. The number of amides is 2. The number of likely N-dealkylation sites (tertiary alicyclic amines) is 1. The molecule has 2 amide bonds. The van der Waals surface area contributed by atoms with Gasteiger partial charge in [-0.25, -0.2) is 4.39 Å². The first kappa shape index (κ1) is 28.2. The van der Waals surface area contributed by atoms with Crippen LogP contribution in [0, 0.1) is 24.6 Å². The Hall–Kier alpha value is -2.81. The van der Waals surface area contributed by atoms with E-state index in [0.717, 1.165) is 12.0 Å². The second-order valence-corrected chi connectivity index (χ2v) is 11.1. The highest BCUT2D eigenvalue weighted by molar-refractivity contribution is 5.79. The number of aryl methyl sites for hydroxylation is 1. The lowest BCUT2D eigenvalue weighted by molar-refractivity contribution is -0.141. The van der Waals surface area contributed by atoms with Gasteiger partial charge < -0.3 is 26.2 Å². The van der Waals surface area contributed by atoms with E-state index in [0.29, 0.717) is 68.4 Å². The zero-order valence-electron chi connectivity index (χ0n) is 22.3. The van der Waals surface area contributed by atoms with Crippen LogP contribution in [0.2, 0.25) is 0 Å². The second-order valence-electron chi connectivity index (χ2n) is 11.1. The maximum Gasteiger partial charge on any atom is 0.225 e. The average Bonchev–Trinajstić information content (AvgIpc) is 3.25. The van der Waals surface area contributed by atoms with E-state index in [1.54, 1.807) is 17.0 Å². The number of halogens is 1. The average molecular weight is 526 g/mol. The van der Waals surface area contributed by atoms with E-state index in [1.807, 2.05) is 31.2 Å². The highest BCUT2D eigenvalue weighted by atomic mass is 19.1. The van der Waals surface area contributed by atoms with Crippen LogP contribution in [0.5, 0.6) is 0 Å². The van der Waals surface area contributed by atoms with Gasteiger partial charge in [-0.1, -0.05) is 35.9 Å². The molecule has 0 radical (unpaired) electrons. The van der Waals surface area contributed by atoms with Gasteiger partial charge >= 0.3 is 0 Å². The van der Waals surface area contributed by atoms with Crippen LogP contribution >= 0.6 is 0 Å². The van der Waals surface area contributed by atoms with Crippen molar-refractivity contribution in [2.24, 2.45) is 17.6 Å². The molecule has 2 aromatic rings. The number of piperidine rings is 1. The van der Waals surface area contributed by atoms with Gasteiger partial charge in [-0.3, -0.25) is 9.59 Å². The fourth-order valence-corrected chi connectivity index (χ4v) is 6.20. The predicted molar refractivity (Wildman–Crippen MR) is 144 cm³/mol. The van der Waals surface area contributed by atoms with Crippen molar-refractivity contribution in [2.75, 3.05) is 19.6 Å². The van der Waals surface area contributed by atoms with E-state index < -0.39 is 17.7 Å². The highest BCUT2D eigenvalue weighted by Crippen LogP contribution is 2.44. The van der Waals surface area contributed by atoms with Crippen LogP contribution in [0.25, 0.3) is 11.1 Å². The van der Waals surface area contributed by atoms with Gasteiger partial charge in [-0.05, 0) is 68.7 Å². The van der Waals surface area contributed by atoms with Crippen LogP contribution in [0.15, 0.2) is 42.5 Å². The van der Waals surface area contributed by atoms with Gasteiger partial charge in [0, 0.05) is 50.0 Å². The molecule has 2 aliphatic rings. The minimum Gasteiger partial charge on any atom is -0.391 e. The van der Waals surface area contributed by atoms with Gasteiger partial charge in [0.15, 0.2) is 0 Å². The Morgan fingerprint density at radius 2 is 1.95 bits per heavy atom. The number of rotatable bonds is 8. The monoisotopic (exact) mass is 525 g/mol. The van der Waals surface area contributed by atoms with Gasteiger partial charge in [0.2, 0.25) is 11.8 Å². The van der Waals surface area contributed by atoms with Crippen LogP contribution in [0.3, 0.4) is 0 Å². The van der Waals surface area contributed by atoms with Crippen molar-refractivity contribution >= 4 is 11.8 Å². The first-order valence-corrected chi connectivity index (χ1v) is 13.7. The zero-order chi connectivity index (χ0) is 27.4. The summed E-state index contributed by atoms with van der Waals surface area (Å²) in [6, 6.07) is 11.9. The maximum atomic E-state index is 15.1. The number of hydrogen-bond donors (Lipinski definition) is 4. The molecule has 7 nitrogen and oxygen atoms in total. The normalized spacial score (nSPS) is 25.2. The molecule has 2 fully saturated rings. The lowest BCUT2D eigenvalue weighted by atomic mass is 9.72. The van der Waals surface area contributed by atoms with E-state index in [9.17, 15) is 19.8 Å². The number of nitrogens with two attached hydrogens (primary N) is 1. The number of benzene rings is 2. The quantitative estimate of drug-likeness (QED) is 0.395. The summed E-state index contributed by atoms with van der Waals surface area (Å²) in [5, 5.41) is 25.4. The van der Waals surface area contributed by atoms with E-state index in [4.69, 9.17) is 5.73 Å². The number of nitrogens with one attached hydrogen (secondary N) is 1. The van der Waals surface area contributed by atoms with Crippen molar-refractivity contribution < 1.29 is 24.2 Å². The Kier molecular flexibility index (Phi) is 8.85. The molecule has 206 valence electrons. The van der Waals surface area contributed by atoms with Crippen molar-refractivity contribution in [2.45, 2.75) is 70.1 Å². The molecule has 5 N–H and O–H groups in total. The molecule has 8 heteroatoms. The van der Waals surface area contributed by atoms with Gasteiger partial charge in [-0.2, -0.15) is 0 Å². The second kappa shape index (κ2) is 11.9. The van der Waals surface area contributed by atoms with Crippen LogP contribution < -0.4 is 11.1 Å². The van der Waals surface area contributed by atoms with Crippen molar-refractivity contribution in [3.63, 3.8) is 0 Å². The summed E-state index contributed by atoms with van der Waals surface area (Å²) in [4.78, 5) is 26.6. The third-order valence-corrected chi connectivity index (χ3v) is 8.25. The topological polar surface area (TPSA) is 116 Å². The van der Waals surface area contributed by atoms with Crippen molar-refractivity contribution in [3.05, 3.63) is 59.4 Å². The summed E-state index contributed by atoms with van der Waals surface area (Å²) in [6.45, 7) is 4.72. The predicted octanol–water partition coefficient (Wildman–Crippen LogP) is 3.24. The molecular weight excluding hydrogens is 485 g/mol. The molecule has 5 atom stereocenters. The fraction of sp³-hybridized carbons (Fsp3) is 0.533. The lowest BCUT2D eigenvalue weighted by Crippen LogP contribution is -2.49. The van der Waals surface area contributed by atoms with Gasteiger partial charge in [-0.15, -0.1) is 0 Å². The number of nitrogens with zero attached hydrogens (tertiary/aromatic N) is 1. The van der Waals surface area contributed by atoms with Crippen LogP contribution in [0.4, 0.5) is 4.39 Å². The minimum atomic E-state index is -1.35. The number of hydrogen-bond acceptors (Lipinski definition) is 5.